The fourth-order valence-electron chi connectivity index (χ4n) is 4.53. The van der Waals surface area contributed by atoms with Crippen molar-refractivity contribution in [3.8, 4) is 5.75 Å². The van der Waals surface area contributed by atoms with Crippen LogP contribution in [-0.4, -0.2) is 68.2 Å². The number of hydrogen-bond donors (Lipinski definition) is 1. The molecule has 5 heteroatoms. The summed E-state index contributed by atoms with van der Waals surface area (Å²) in [7, 11) is 1.72. The molecule has 148 valence electrons. The lowest BCUT2D eigenvalue weighted by molar-refractivity contribution is 0.315. The molecule has 27 heavy (non-hydrogen) atoms. The fourth-order valence-corrected chi connectivity index (χ4v) is 4.53. The second kappa shape index (κ2) is 8.51. The van der Waals surface area contributed by atoms with E-state index in [2.05, 4.69) is 46.3 Å². The van der Waals surface area contributed by atoms with Gasteiger partial charge >= 0.3 is 0 Å². The van der Waals surface area contributed by atoms with Gasteiger partial charge in [0, 0.05) is 44.7 Å². The van der Waals surface area contributed by atoms with Crippen molar-refractivity contribution in [2.24, 2.45) is 10.9 Å². The Morgan fingerprint density at radius 3 is 2.63 bits per heavy atom. The number of ether oxygens (including phenoxy) is 1. The van der Waals surface area contributed by atoms with Gasteiger partial charge in [0.2, 0.25) is 0 Å². The van der Waals surface area contributed by atoms with Gasteiger partial charge in [-0.05, 0) is 62.8 Å². The van der Waals surface area contributed by atoms with Gasteiger partial charge in [-0.2, -0.15) is 0 Å². The van der Waals surface area contributed by atoms with Crippen LogP contribution < -0.4 is 10.1 Å². The van der Waals surface area contributed by atoms with E-state index in [-0.39, 0.29) is 0 Å². The van der Waals surface area contributed by atoms with E-state index in [4.69, 9.17) is 9.73 Å². The standard InChI is InChI=1S/C22H34N4O/c1-3-23-22(24-14-17-10-12-25(15-17)20-6-7-20)26-13-11-19(16-26)18-4-8-21(27-2)9-5-18/h4-5,8-9,17,19-20H,3,6-7,10-16H2,1-2H3,(H,23,24). The molecule has 0 aromatic heterocycles. The summed E-state index contributed by atoms with van der Waals surface area (Å²) in [5, 5.41) is 3.53. The number of benzene rings is 1. The van der Waals surface area contributed by atoms with E-state index in [1.807, 2.05) is 0 Å². The number of likely N-dealkylation sites (tertiary alicyclic amines) is 2. The van der Waals surface area contributed by atoms with Crippen LogP contribution in [0.1, 0.15) is 44.1 Å². The highest BCUT2D eigenvalue weighted by atomic mass is 16.5. The fraction of sp³-hybridized carbons (Fsp3) is 0.682. The topological polar surface area (TPSA) is 40.1 Å². The molecule has 2 unspecified atom stereocenters. The maximum absolute atomic E-state index is 5.29. The Labute approximate surface area is 163 Å². The average Bonchev–Trinajstić information content (AvgIpc) is 3.25. The van der Waals surface area contributed by atoms with E-state index in [0.717, 1.165) is 49.8 Å². The quantitative estimate of drug-likeness (QED) is 0.617. The molecule has 1 N–H and O–H groups in total. The predicted molar refractivity (Wildman–Crippen MR) is 111 cm³/mol. The number of aliphatic imine (C=N–C) groups is 1. The van der Waals surface area contributed by atoms with Gasteiger partial charge in [0.15, 0.2) is 5.96 Å². The monoisotopic (exact) mass is 370 g/mol. The van der Waals surface area contributed by atoms with Crippen molar-refractivity contribution in [1.29, 1.82) is 0 Å². The zero-order valence-electron chi connectivity index (χ0n) is 16.9. The van der Waals surface area contributed by atoms with Gasteiger partial charge in [-0.15, -0.1) is 0 Å². The smallest absolute Gasteiger partial charge is 0.193 e. The molecule has 2 aliphatic heterocycles. The number of methoxy groups -OCH3 is 1. The van der Waals surface area contributed by atoms with E-state index in [0.29, 0.717) is 5.92 Å². The molecule has 1 aromatic carbocycles. The molecule has 3 fully saturated rings. The molecule has 0 spiro atoms. The Morgan fingerprint density at radius 2 is 1.93 bits per heavy atom. The minimum atomic E-state index is 0.580. The van der Waals surface area contributed by atoms with E-state index < -0.39 is 0 Å². The number of nitrogens with zero attached hydrogens (tertiary/aromatic N) is 3. The van der Waals surface area contributed by atoms with Gasteiger partial charge in [0.05, 0.1) is 7.11 Å². The van der Waals surface area contributed by atoms with Crippen molar-refractivity contribution in [2.45, 2.75) is 44.6 Å². The largest absolute Gasteiger partial charge is 0.497 e. The van der Waals surface area contributed by atoms with Crippen LogP contribution in [0.5, 0.6) is 5.75 Å². The van der Waals surface area contributed by atoms with Crippen molar-refractivity contribution < 1.29 is 4.74 Å². The summed E-state index contributed by atoms with van der Waals surface area (Å²) in [4.78, 5) is 10.2. The van der Waals surface area contributed by atoms with Gasteiger partial charge in [0.25, 0.3) is 0 Å². The molecule has 0 amide bonds. The highest BCUT2D eigenvalue weighted by Gasteiger charge is 2.34. The van der Waals surface area contributed by atoms with E-state index in [1.54, 1.807) is 7.11 Å². The zero-order valence-corrected chi connectivity index (χ0v) is 16.9. The minimum Gasteiger partial charge on any atom is -0.497 e. The molecule has 4 rings (SSSR count). The number of hydrogen-bond acceptors (Lipinski definition) is 3. The number of nitrogens with one attached hydrogen (secondary N) is 1. The zero-order chi connectivity index (χ0) is 18.6. The van der Waals surface area contributed by atoms with Crippen LogP contribution in [0.4, 0.5) is 0 Å². The number of rotatable bonds is 6. The van der Waals surface area contributed by atoms with Crippen molar-refractivity contribution >= 4 is 5.96 Å². The summed E-state index contributed by atoms with van der Waals surface area (Å²) in [6.07, 6.45) is 5.34. The SMILES string of the molecule is CCNC(=NCC1CCN(C2CC2)C1)N1CCC(c2ccc(OC)cc2)C1. The highest BCUT2D eigenvalue weighted by molar-refractivity contribution is 5.80. The first kappa shape index (κ1) is 18.6. The predicted octanol–water partition coefficient (Wildman–Crippen LogP) is 2.93. The molecule has 1 aromatic rings. The lowest BCUT2D eigenvalue weighted by Crippen LogP contribution is -2.40. The average molecular weight is 371 g/mol. The Hall–Kier alpha value is -1.75. The first-order chi connectivity index (χ1) is 13.3. The van der Waals surface area contributed by atoms with E-state index in [1.165, 1.54) is 44.3 Å². The highest BCUT2D eigenvalue weighted by Crippen LogP contribution is 2.32. The van der Waals surface area contributed by atoms with Gasteiger partial charge in [-0.3, -0.25) is 4.99 Å². The third kappa shape index (κ3) is 4.57. The van der Waals surface area contributed by atoms with Crippen LogP contribution in [0.2, 0.25) is 0 Å². The third-order valence-corrected chi connectivity index (χ3v) is 6.29. The summed E-state index contributed by atoms with van der Waals surface area (Å²) in [6, 6.07) is 9.46. The third-order valence-electron chi connectivity index (χ3n) is 6.29. The van der Waals surface area contributed by atoms with Crippen LogP contribution in [0.3, 0.4) is 0 Å². The molecule has 2 heterocycles. The summed E-state index contributed by atoms with van der Waals surface area (Å²) >= 11 is 0. The van der Waals surface area contributed by atoms with E-state index >= 15 is 0 Å². The van der Waals surface area contributed by atoms with Gasteiger partial charge in [0.1, 0.15) is 5.75 Å². The van der Waals surface area contributed by atoms with Crippen LogP contribution in [0, 0.1) is 5.92 Å². The van der Waals surface area contributed by atoms with Crippen LogP contribution >= 0.6 is 0 Å². The van der Waals surface area contributed by atoms with Crippen molar-refractivity contribution in [1.82, 2.24) is 15.1 Å². The summed E-state index contributed by atoms with van der Waals surface area (Å²) in [5.41, 5.74) is 1.41. The summed E-state index contributed by atoms with van der Waals surface area (Å²) < 4.78 is 5.29. The molecule has 5 nitrogen and oxygen atoms in total. The molecule has 2 atom stereocenters. The molecular weight excluding hydrogens is 336 g/mol. The molecule has 1 saturated carbocycles. The molecular formula is C22H34N4O. The first-order valence-electron chi connectivity index (χ1n) is 10.7. The summed E-state index contributed by atoms with van der Waals surface area (Å²) in [6.45, 7) is 8.73. The van der Waals surface area contributed by atoms with Gasteiger partial charge in [-0.1, -0.05) is 12.1 Å². The normalized spacial score (nSPS) is 26.6. The van der Waals surface area contributed by atoms with E-state index in [9.17, 15) is 0 Å². The van der Waals surface area contributed by atoms with Crippen LogP contribution in [0.25, 0.3) is 0 Å². The lowest BCUT2D eigenvalue weighted by atomic mass is 9.98. The minimum absolute atomic E-state index is 0.580. The van der Waals surface area contributed by atoms with Crippen molar-refractivity contribution in [3.63, 3.8) is 0 Å². The molecule has 1 aliphatic carbocycles. The Balaban J connectivity index is 1.34. The lowest BCUT2D eigenvalue weighted by Gasteiger charge is -2.22. The second-order valence-electron chi connectivity index (χ2n) is 8.28. The van der Waals surface area contributed by atoms with Crippen molar-refractivity contribution in [2.75, 3.05) is 46.4 Å². The van der Waals surface area contributed by atoms with Crippen LogP contribution in [-0.2, 0) is 0 Å². The van der Waals surface area contributed by atoms with Crippen LogP contribution in [0.15, 0.2) is 29.3 Å². The molecule has 0 radical (unpaired) electrons. The maximum atomic E-state index is 5.29. The van der Waals surface area contributed by atoms with Gasteiger partial charge in [-0.25, -0.2) is 0 Å². The van der Waals surface area contributed by atoms with Gasteiger partial charge < -0.3 is 19.9 Å². The molecule has 0 bridgehead atoms. The van der Waals surface area contributed by atoms with Crippen molar-refractivity contribution in [3.05, 3.63) is 29.8 Å². The second-order valence-corrected chi connectivity index (χ2v) is 8.28. The summed E-state index contributed by atoms with van der Waals surface area (Å²) in [5.74, 6) is 3.36. The number of guanidine groups is 1. The first-order valence-corrected chi connectivity index (χ1v) is 10.7. The molecule has 3 aliphatic rings. The molecule has 2 saturated heterocycles. The Bertz CT molecular complexity index is 640. The Morgan fingerprint density at radius 1 is 1.11 bits per heavy atom. The maximum Gasteiger partial charge on any atom is 0.193 e. The Kier molecular flexibility index (Phi) is 5.86.